The van der Waals surface area contributed by atoms with Gasteiger partial charge >= 0.3 is 5.97 Å². The van der Waals surface area contributed by atoms with E-state index in [1.165, 1.54) is 16.8 Å². The summed E-state index contributed by atoms with van der Waals surface area (Å²) < 4.78 is 0. The normalized spacial score (nSPS) is 15.5. The highest BCUT2D eigenvalue weighted by Gasteiger charge is 2.26. The van der Waals surface area contributed by atoms with Gasteiger partial charge in [0, 0.05) is 31.4 Å². The van der Waals surface area contributed by atoms with Crippen LogP contribution in [-0.2, 0) is 11.3 Å². The van der Waals surface area contributed by atoms with Crippen LogP contribution in [0.3, 0.4) is 0 Å². The van der Waals surface area contributed by atoms with Crippen molar-refractivity contribution in [2.24, 2.45) is 0 Å². The average molecular weight is 338 g/mol. The number of para-hydroxylation sites is 1. The van der Waals surface area contributed by atoms with Crippen LogP contribution < -0.4 is 4.90 Å². The molecule has 1 aliphatic rings. The van der Waals surface area contributed by atoms with E-state index in [1.807, 2.05) is 18.2 Å². The average Bonchev–Trinajstić information content (AvgIpc) is 2.62. The summed E-state index contributed by atoms with van der Waals surface area (Å²) in [7, 11) is 0. The third-order valence-corrected chi connectivity index (χ3v) is 5.00. The molecule has 3 rings (SSSR count). The van der Waals surface area contributed by atoms with Gasteiger partial charge in [0.05, 0.1) is 6.54 Å². The lowest BCUT2D eigenvalue weighted by Crippen LogP contribution is -2.46. The van der Waals surface area contributed by atoms with E-state index in [2.05, 4.69) is 53.1 Å². The van der Waals surface area contributed by atoms with Crippen LogP contribution in [0.2, 0.25) is 0 Å². The Hall–Kier alpha value is -2.33. The molecule has 0 spiro atoms. The van der Waals surface area contributed by atoms with Crippen molar-refractivity contribution >= 4 is 11.7 Å². The molecular formula is C21H26N2O2. The molecule has 0 atom stereocenters. The van der Waals surface area contributed by atoms with Gasteiger partial charge in [0.25, 0.3) is 0 Å². The van der Waals surface area contributed by atoms with E-state index in [4.69, 9.17) is 0 Å². The number of anilines is 1. The summed E-state index contributed by atoms with van der Waals surface area (Å²) in [6.07, 6.45) is 1.99. The van der Waals surface area contributed by atoms with Gasteiger partial charge < -0.3 is 10.0 Å². The smallest absolute Gasteiger partial charge is 0.317 e. The molecule has 1 fully saturated rings. The second kappa shape index (κ2) is 8.17. The van der Waals surface area contributed by atoms with Gasteiger partial charge in [-0.25, -0.2) is 0 Å². The Morgan fingerprint density at radius 1 is 1.08 bits per heavy atom. The maximum absolute atomic E-state index is 11.3. The molecule has 132 valence electrons. The molecule has 1 aliphatic heterocycles. The van der Waals surface area contributed by atoms with E-state index >= 15 is 0 Å². The molecular weight excluding hydrogens is 312 g/mol. The predicted molar refractivity (Wildman–Crippen MR) is 101 cm³/mol. The number of carbonyl (C=O) groups is 1. The molecule has 4 heteroatoms. The Balaban J connectivity index is 1.65. The topological polar surface area (TPSA) is 43.8 Å². The molecule has 2 aromatic carbocycles. The van der Waals surface area contributed by atoms with Crippen LogP contribution in [-0.4, -0.2) is 41.7 Å². The summed E-state index contributed by atoms with van der Waals surface area (Å²) in [6, 6.07) is 18.9. The summed E-state index contributed by atoms with van der Waals surface area (Å²) in [5.74, 6) is -0.753. The van der Waals surface area contributed by atoms with Crippen LogP contribution >= 0.6 is 0 Å². The van der Waals surface area contributed by atoms with Gasteiger partial charge in [-0.2, -0.15) is 0 Å². The fraction of sp³-hybridized carbons (Fsp3) is 0.381. The zero-order valence-electron chi connectivity index (χ0n) is 14.8. The summed E-state index contributed by atoms with van der Waals surface area (Å²) in [4.78, 5) is 15.9. The number of piperidine rings is 1. The van der Waals surface area contributed by atoms with Gasteiger partial charge in [0.2, 0.25) is 0 Å². The maximum Gasteiger partial charge on any atom is 0.317 e. The molecule has 0 radical (unpaired) electrons. The third kappa shape index (κ3) is 4.60. The van der Waals surface area contributed by atoms with Crippen LogP contribution in [0.15, 0.2) is 54.6 Å². The second-order valence-electron chi connectivity index (χ2n) is 6.79. The van der Waals surface area contributed by atoms with Crippen LogP contribution in [0, 0.1) is 6.92 Å². The van der Waals surface area contributed by atoms with E-state index < -0.39 is 5.97 Å². The first-order valence-corrected chi connectivity index (χ1v) is 8.94. The van der Waals surface area contributed by atoms with Gasteiger partial charge in [-0.3, -0.25) is 9.69 Å². The van der Waals surface area contributed by atoms with E-state index in [0.29, 0.717) is 12.6 Å². The number of benzene rings is 2. The van der Waals surface area contributed by atoms with Crippen molar-refractivity contribution < 1.29 is 9.90 Å². The van der Waals surface area contributed by atoms with Crippen molar-refractivity contribution in [1.29, 1.82) is 0 Å². The minimum Gasteiger partial charge on any atom is -0.480 e. The molecule has 1 N–H and O–H groups in total. The lowest BCUT2D eigenvalue weighted by molar-refractivity contribution is -0.139. The van der Waals surface area contributed by atoms with Crippen LogP contribution in [0.4, 0.5) is 5.69 Å². The minimum atomic E-state index is -0.753. The summed E-state index contributed by atoms with van der Waals surface area (Å²) in [5, 5.41) is 9.31. The van der Waals surface area contributed by atoms with E-state index in [-0.39, 0.29) is 6.54 Å². The van der Waals surface area contributed by atoms with Crippen LogP contribution in [0.1, 0.15) is 24.0 Å². The summed E-state index contributed by atoms with van der Waals surface area (Å²) in [5.41, 5.74) is 3.77. The van der Waals surface area contributed by atoms with Gasteiger partial charge in [-0.1, -0.05) is 48.5 Å². The standard InChI is InChI=1S/C21H26N2O2/c1-17-7-5-6-10-20(17)22-13-11-19(12-14-22)23(16-21(24)25)15-18-8-3-2-4-9-18/h2-10,19H,11-16H2,1H3,(H,24,25). The zero-order valence-corrected chi connectivity index (χ0v) is 14.8. The molecule has 0 aromatic heterocycles. The lowest BCUT2D eigenvalue weighted by atomic mass is 10.0. The maximum atomic E-state index is 11.3. The molecule has 0 saturated carbocycles. The number of rotatable bonds is 6. The minimum absolute atomic E-state index is 0.101. The van der Waals surface area contributed by atoms with Crippen molar-refractivity contribution in [3.8, 4) is 0 Å². The quantitative estimate of drug-likeness (QED) is 0.875. The highest BCUT2D eigenvalue weighted by atomic mass is 16.4. The summed E-state index contributed by atoms with van der Waals surface area (Å²) >= 11 is 0. The highest BCUT2D eigenvalue weighted by molar-refractivity contribution is 5.69. The monoisotopic (exact) mass is 338 g/mol. The molecule has 1 heterocycles. The van der Waals surface area contributed by atoms with Gasteiger partial charge in [-0.15, -0.1) is 0 Å². The van der Waals surface area contributed by atoms with E-state index in [0.717, 1.165) is 25.9 Å². The highest BCUT2D eigenvalue weighted by Crippen LogP contribution is 2.26. The zero-order chi connectivity index (χ0) is 17.6. The Kier molecular flexibility index (Phi) is 5.71. The predicted octanol–water partition coefficient (Wildman–Crippen LogP) is 3.55. The lowest BCUT2D eigenvalue weighted by Gasteiger charge is -2.39. The fourth-order valence-corrected chi connectivity index (χ4v) is 3.70. The van der Waals surface area contributed by atoms with Gasteiger partial charge in [0.15, 0.2) is 0 Å². The van der Waals surface area contributed by atoms with Crippen molar-refractivity contribution in [3.63, 3.8) is 0 Å². The first kappa shape index (κ1) is 17.5. The Bertz CT molecular complexity index is 694. The number of carboxylic acids is 1. The Labute approximate surface area is 149 Å². The van der Waals surface area contributed by atoms with Gasteiger partial charge in [0.1, 0.15) is 0 Å². The largest absolute Gasteiger partial charge is 0.480 e. The first-order valence-electron chi connectivity index (χ1n) is 8.94. The Morgan fingerprint density at radius 3 is 2.36 bits per heavy atom. The molecule has 2 aromatic rings. The SMILES string of the molecule is Cc1ccccc1N1CCC(N(CC(=O)O)Cc2ccccc2)CC1. The molecule has 25 heavy (non-hydrogen) atoms. The Morgan fingerprint density at radius 2 is 1.72 bits per heavy atom. The second-order valence-corrected chi connectivity index (χ2v) is 6.79. The number of aryl methyl sites for hydroxylation is 1. The van der Waals surface area contributed by atoms with Crippen molar-refractivity contribution in [3.05, 3.63) is 65.7 Å². The fourth-order valence-electron chi connectivity index (χ4n) is 3.70. The molecule has 0 bridgehead atoms. The molecule has 1 saturated heterocycles. The number of aliphatic carboxylic acids is 1. The number of nitrogens with zero attached hydrogens (tertiary/aromatic N) is 2. The van der Waals surface area contributed by atoms with Crippen LogP contribution in [0.5, 0.6) is 0 Å². The molecule has 0 unspecified atom stereocenters. The number of hydrogen-bond donors (Lipinski definition) is 1. The van der Waals surface area contributed by atoms with Crippen molar-refractivity contribution in [2.75, 3.05) is 24.5 Å². The van der Waals surface area contributed by atoms with Crippen LogP contribution in [0.25, 0.3) is 0 Å². The molecule has 0 amide bonds. The molecule has 0 aliphatic carbocycles. The number of carboxylic acid groups (broad SMARTS) is 1. The summed E-state index contributed by atoms with van der Waals surface area (Å²) in [6.45, 7) is 4.89. The van der Waals surface area contributed by atoms with E-state index in [9.17, 15) is 9.90 Å². The molecule has 4 nitrogen and oxygen atoms in total. The van der Waals surface area contributed by atoms with Crippen molar-refractivity contribution in [1.82, 2.24) is 4.90 Å². The first-order chi connectivity index (χ1) is 12.1. The third-order valence-electron chi connectivity index (χ3n) is 5.00. The van der Waals surface area contributed by atoms with E-state index in [1.54, 1.807) is 0 Å². The number of hydrogen-bond acceptors (Lipinski definition) is 3. The van der Waals surface area contributed by atoms with Crippen molar-refractivity contribution in [2.45, 2.75) is 32.4 Å². The van der Waals surface area contributed by atoms with Gasteiger partial charge in [-0.05, 0) is 37.0 Å².